The first-order chi connectivity index (χ1) is 11.0. The predicted molar refractivity (Wildman–Crippen MR) is 78.8 cm³/mol. The number of alkyl halides is 2. The maximum absolute atomic E-state index is 12.7. The third kappa shape index (κ3) is 4.46. The zero-order valence-electron chi connectivity index (χ0n) is 13.0. The van der Waals surface area contributed by atoms with Crippen molar-refractivity contribution in [2.45, 2.75) is 38.1 Å². The monoisotopic (exact) mass is 329 g/mol. The second-order valence-corrected chi connectivity index (χ2v) is 5.68. The second kappa shape index (κ2) is 7.81. The number of carbonyl (C=O) groups excluding carboxylic acids is 1. The van der Waals surface area contributed by atoms with E-state index in [-0.39, 0.29) is 38.7 Å². The Morgan fingerprint density at radius 1 is 1.43 bits per heavy atom. The molecule has 0 radical (unpaired) electrons. The SMILES string of the molecule is CC1(CCO)OCC(COC(F)F)N(Cc2ccccc2)C1=O. The fourth-order valence-electron chi connectivity index (χ4n) is 2.60. The molecule has 0 saturated carbocycles. The fraction of sp³-hybridized carbons (Fsp3) is 0.562. The molecule has 0 aliphatic carbocycles. The van der Waals surface area contributed by atoms with Crippen LogP contribution in [0.3, 0.4) is 0 Å². The van der Waals surface area contributed by atoms with Gasteiger partial charge in [0.05, 0.1) is 19.3 Å². The number of hydrogen-bond acceptors (Lipinski definition) is 4. The number of hydrogen-bond donors (Lipinski definition) is 1. The molecule has 1 aromatic rings. The summed E-state index contributed by atoms with van der Waals surface area (Å²) in [5.41, 5.74) is -0.263. The highest BCUT2D eigenvalue weighted by molar-refractivity contribution is 5.85. The normalized spacial score (nSPS) is 25.2. The molecule has 7 heteroatoms. The lowest BCUT2D eigenvalue weighted by atomic mass is 9.96. The first kappa shape index (κ1) is 17.8. The van der Waals surface area contributed by atoms with Gasteiger partial charge in [-0.15, -0.1) is 0 Å². The molecule has 1 N–H and O–H groups in total. The lowest BCUT2D eigenvalue weighted by molar-refractivity contribution is -0.196. The van der Waals surface area contributed by atoms with Crippen LogP contribution >= 0.6 is 0 Å². The lowest BCUT2D eigenvalue weighted by Gasteiger charge is -2.44. The average molecular weight is 329 g/mol. The molecule has 1 fully saturated rings. The van der Waals surface area contributed by atoms with Crippen molar-refractivity contribution in [1.82, 2.24) is 4.90 Å². The summed E-state index contributed by atoms with van der Waals surface area (Å²) < 4.78 is 34.6. The maximum Gasteiger partial charge on any atom is 0.345 e. The van der Waals surface area contributed by atoms with Crippen molar-refractivity contribution in [3.63, 3.8) is 0 Å². The van der Waals surface area contributed by atoms with Crippen LogP contribution in [0.1, 0.15) is 18.9 Å². The van der Waals surface area contributed by atoms with E-state index in [1.54, 1.807) is 6.92 Å². The summed E-state index contributed by atoms with van der Waals surface area (Å²) in [4.78, 5) is 14.2. The molecule has 1 heterocycles. The number of carbonyl (C=O) groups is 1. The van der Waals surface area contributed by atoms with Gasteiger partial charge < -0.3 is 19.5 Å². The zero-order chi connectivity index (χ0) is 16.9. The van der Waals surface area contributed by atoms with E-state index >= 15 is 0 Å². The highest BCUT2D eigenvalue weighted by Gasteiger charge is 2.44. The standard InChI is InChI=1S/C16H21F2NO4/c1-16(7-8-20)14(21)19(9-12-5-3-2-4-6-12)13(11-23-16)10-22-15(17)18/h2-6,13,15,20H,7-11H2,1H3. The molecular weight excluding hydrogens is 308 g/mol. The van der Waals surface area contributed by atoms with Gasteiger partial charge in [-0.2, -0.15) is 8.78 Å². The van der Waals surface area contributed by atoms with Gasteiger partial charge in [-0.1, -0.05) is 30.3 Å². The van der Waals surface area contributed by atoms with Crippen LogP contribution in [0.2, 0.25) is 0 Å². The molecule has 23 heavy (non-hydrogen) atoms. The van der Waals surface area contributed by atoms with Crippen LogP contribution in [-0.2, 0) is 20.8 Å². The summed E-state index contributed by atoms with van der Waals surface area (Å²) in [6, 6.07) is 8.67. The number of halogens is 2. The van der Waals surface area contributed by atoms with Gasteiger partial charge in [0.2, 0.25) is 0 Å². The molecule has 1 aliphatic heterocycles. The Balaban J connectivity index is 2.17. The van der Waals surface area contributed by atoms with E-state index in [1.165, 1.54) is 4.90 Å². The first-order valence-corrected chi connectivity index (χ1v) is 7.46. The van der Waals surface area contributed by atoms with Gasteiger partial charge >= 0.3 is 6.61 Å². The number of benzene rings is 1. The van der Waals surface area contributed by atoms with Crippen LogP contribution in [-0.4, -0.2) is 54.0 Å². The highest BCUT2D eigenvalue weighted by atomic mass is 19.3. The van der Waals surface area contributed by atoms with E-state index in [2.05, 4.69) is 4.74 Å². The van der Waals surface area contributed by atoms with Crippen molar-refractivity contribution in [1.29, 1.82) is 0 Å². The van der Waals surface area contributed by atoms with Crippen LogP contribution < -0.4 is 0 Å². The molecule has 0 spiro atoms. The Labute approximate surface area is 133 Å². The van der Waals surface area contributed by atoms with Crippen molar-refractivity contribution < 1.29 is 28.2 Å². The minimum Gasteiger partial charge on any atom is -0.396 e. The largest absolute Gasteiger partial charge is 0.396 e. The van der Waals surface area contributed by atoms with Crippen molar-refractivity contribution in [2.75, 3.05) is 19.8 Å². The van der Waals surface area contributed by atoms with Crippen LogP contribution in [0.5, 0.6) is 0 Å². The molecule has 1 saturated heterocycles. The van der Waals surface area contributed by atoms with E-state index in [4.69, 9.17) is 9.84 Å². The van der Waals surface area contributed by atoms with E-state index in [0.29, 0.717) is 0 Å². The second-order valence-electron chi connectivity index (χ2n) is 5.68. The third-order valence-corrected chi connectivity index (χ3v) is 3.95. The Bertz CT molecular complexity index is 514. The number of aliphatic hydroxyl groups excluding tert-OH is 1. The predicted octanol–water partition coefficient (Wildman–Crippen LogP) is 1.79. The molecule has 0 aromatic heterocycles. The third-order valence-electron chi connectivity index (χ3n) is 3.95. The molecule has 2 rings (SSSR count). The van der Waals surface area contributed by atoms with E-state index < -0.39 is 18.3 Å². The summed E-state index contributed by atoms with van der Waals surface area (Å²) in [6.45, 7) is -1.42. The number of amides is 1. The molecule has 128 valence electrons. The summed E-state index contributed by atoms with van der Waals surface area (Å²) in [5, 5.41) is 9.14. The van der Waals surface area contributed by atoms with Crippen molar-refractivity contribution in [3.05, 3.63) is 35.9 Å². The minimum atomic E-state index is -2.89. The number of aliphatic hydroxyl groups is 1. The molecule has 0 bridgehead atoms. The number of morpholine rings is 1. The molecule has 1 aliphatic rings. The molecule has 1 amide bonds. The van der Waals surface area contributed by atoms with Gasteiger partial charge in [0.1, 0.15) is 5.60 Å². The molecule has 2 unspecified atom stereocenters. The summed E-state index contributed by atoms with van der Waals surface area (Å²) in [7, 11) is 0. The van der Waals surface area contributed by atoms with Gasteiger partial charge in [-0.05, 0) is 12.5 Å². The number of nitrogens with zero attached hydrogens (tertiary/aromatic N) is 1. The number of rotatable bonds is 7. The smallest absolute Gasteiger partial charge is 0.345 e. The van der Waals surface area contributed by atoms with Crippen LogP contribution in [0.25, 0.3) is 0 Å². The summed E-state index contributed by atoms with van der Waals surface area (Å²) in [5.74, 6) is -0.329. The Morgan fingerprint density at radius 3 is 2.74 bits per heavy atom. The van der Waals surface area contributed by atoms with Gasteiger partial charge in [0.15, 0.2) is 0 Å². The van der Waals surface area contributed by atoms with E-state index in [9.17, 15) is 13.6 Å². The van der Waals surface area contributed by atoms with Gasteiger partial charge in [-0.3, -0.25) is 4.79 Å². The van der Waals surface area contributed by atoms with E-state index in [0.717, 1.165) is 5.56 Å². The Kier molecular flexibility index (Phi) is 6.04. The van der Waals surface area contributed by atoms with Gasteiger partial charge in [-0.25, -0.2) is 0 Å². The van der Waals surface area contributed by atoms with Crippen molar-refractivity contribution in [2.24, 2.45) is 0 Å². The van der Waals surface area contributed by atoms with Crippen LogP contribution in [0.4, 0.5) is 8.78 Å². The Morgan fingerprint density at radius 2 is 2.13 bits per heavy atom. The van der Waals surface area contributed by atoms with Crippen LogP contribution in [0, 0.1) is 0 Å². The number of ether oxygens (including phenoxy) is 2. The van der Waals surface area contributed by atoms with E-state index in [1.807, 2.05) is 30.3 Å². The summed E-state index contributed by atoms with van der Waals surface area (Å²) in [6.07, 6.45) is 0.152. The average Bonchev–Trinajstić information content (AvgIpc) is 2.52. The van der Waals surface area contributed by atoms with Crippen molar-refractivity contribution in [3.8, 4) is 0 Å². The quantitative estimate of drug-likeness (QED) is 0.829. The topological polar surface area (TPSA) is 59.0 Å². The van der Waals surface area contributed by atoms with Crippen LogP contribution in [0.15, 0.2) is 30.3 Å². The molecular formula is C16H21F2NO4. The van der Waals surface area contributed by atoms with Crippen molar-refractivity contribution >= 4 is 5.91 Å². The summed E-state index contributed by atoms with van der Waals surface area (Å²) >= 11 is 0. The molecule has 2 atom stereocenters. The fourth-order valence-corrected chi connectivity index (χ4v) is 2.60. The van der Waals surface area contributed by atoms with Gasteiger partial charge in [0.25, 0.3) is 5.91 Å². The minimum absolute atomic E-state index is 0.0851. The Hall–Kier alpha value is -1.57. The van der Waals surface area contributed by atoms with Gasteiger partial charge in [0, 0.05) is 19.6 Å². The first-order valence-electron chi connectivity index (χ1n) is 7.46. The lowest BCUT2D eigenvalue weighted by Crippen LogP contribution is -2.60. The maximum atomic E-state index is 12.7. The highest BCUT2D eigenvalue weighted by Crippen LogP contribution is 2.27. The zero-order valence-corrected chi connectivity index (χ0v) is 13.0. The molecule has 5 nitrogen and oxygen atoms in total. The molecule has 1 aromatic carbocycles.